The van der Waals surface area contributed by atoms with E-state index in [4.69, 9.17) is 0 Å². The number of aromatic nitrogens is 3. The van der Waals surface area contributed by atoms with Gasteiger partial charge in [-0.2, -0.15) is 5.10 Å². The van der Waals surface area contributed by atoms with Gasteiger partial charge >= 0.3 is 0 Å². The number of H-pyrrole nitrogens is 1. The molecule has 0 aliphatic rings. The molecule has 3 aromatic rings. The molecule has 1 heterocycles. The van der Waals surface area contributed by atoms with Gasteiger partial charge in [0.05, 0.1) is 11.9 Å². The fraction of sp³-hybridized carbons (Fsp3) is 0.167. The summed E-state index contributed by atoms with van der Waals surface area (Å²) in [4.78, 5) is 16.7. The number of rotatable bonds is 5. The Morgan fingerprint density at radius 2 is 1.78 bits per heavy atom. The molecule has 0 aliphatic heterocycles. The molecule has 1 aromatic heterocycles. The molecule has 0 saturated heterocycles. The van der Waals surface area contributed by atoms with Gasteiger partial charge in [0, 0.05) is 16.8 Å². The number of nitrogens with zero attached hydrogens (tertiary/aromatic N) is 2. The lowest BCUT2D eigenvalue weighted by atomic mass is 10.1. The standard InChI is InChI=1S/C18H19N5O3S/c1-11-4-5-14(10-16(11)23-27(3,25)26)18(24)20-15-8-6-13(7-9-15)17-19-12(2)21-22-17/h4-10,23H,1-3H3,(H,20,24)(H,19,21,22). The Balaban J connectivity index is 1.76. The van der Waals surface area contributed by atoms with Crippen molar-refractivity contribution < 1.29 is 13.2 Å². The monoisotopic (exact) mass is 385 g/mol. The van der Waals surface area contributed by atoms with Crippen LogP contribution >= 0.6 is 0 Å². The van der Waals surface area contributed by atoms with Crippen molar-refractivity contribution in [3.63, 3.8) is 0 Å². The maximum absolute atomic E-state index is 12.5. The van der Waals surface area contributed by atoms with Crippen molar-refractivity contribution >= 4 is 27.3 Å². The highest BCUT2D eigenvalue weighted by Gasteiger charge is 2.11. The van der Waals surface area contributed by atoms with E-state index in [-0.39, 0.29) is 5.91 Å². The molecule has 0 fully saturated rings. The number of sulfonamides is 1. The Labute approximate surface area is 157 Å². The maximum Gasteiger partial charge on any atom is 0.255 e. The van der Waals surface area contributed by atoms with E-state index in [0.29, 0.717) is 22.8 Å². The van der Waals surface area contributed by atoms with E-state index in [2.05, 4.69) is 25.2 Å². The van der Waals surface area contributed by atoms with Crippen molar-refractivity contribution in [1.29, 1.82) is 0 Å². The second kappa shape index (κ2) is 7.20. The quantitative estimate of drug-likeness (QED) is 0.624. The summed E-state index contributed by atoms with van der Waals surface area (Å²) >= 11 is 0. The summed E-state index contributed by atoms with van der Waals surface area (Å²) in [6.45, 7) is 3.58. The molecule has 0 spiro atoms. The van der Waals surface area contributed by atoms with E-state index in [1.54, 1.807) is 31.2 Å². The molecule has 0 radical (unpaired) electrons. The van der Waals surface area contributed by atoms with Crippen molar-refractivity contribution in [2.75, 3.05) is 16.3 Å². The Morgan fingerprint density at radius 1 is 1.07 bits per heavy atom. The van der Waals surface area contributed by atoms with Crippen LogP contribution < -0.4 is 10.0 Å². The summed E-state index contributed by atoms with van der Waals surface area (Å²) in [5.41, 5.74) is 2.88. The first kappa shape index (κ1) is 18.6. The summed E-state index contributed by atoms with van der Waals surface area (Å²) < 4.78 is 25.3. The molecule has 2 aromatic carbocycles. The fourth-order valence-electron chi connectivity index (χ4n) is 2.45. The summed E-state index contributed by atoms with van der Waals surface area (Å²) in [6, 6.07) is 12.0. The van der Waals surface area contributed by atoms with Gasteiger partial charge in [0.1, 0.15) is 5.82 Å². The molecule has 1 amide bonds. The minimum absolute atomic E-state index is 0.340. The molecule has 27 heavy (non-hydrogen) atoms. The molecule has 0 aliphatic carbocycles. The van der Waals surface area contributed by atoms with Crippen molar-refractivity contribution in [2.24, 2.45) is 0 Å². The number of nitrogens with one attached hydrogen (secondary N) is 3. The van der Waals surface area contributed by atoms with E-state index < -0.39 is 10.0 Å². The number of aryl methyl sites for hydroxylation is 2. The first-order valence-electron chi connectivity index (χ1n) is 8.10. The largest absolute Gasteiger partial charge is 0.322 e. The lowest BCUT2D eigenvalue weighted by Crippen LogP contribution is -2.14. The zero-order valence-corrected chi connectivity index (χ0v) is 15.9. The zero-order valence-electron chi connectivity index (χ0n) is 15.1. The third-order valence-corrected chi connectivity index (χ3v) is 4.38. The van der Waals surface area contributed by atoms with Gasteiger partial charge in [0.15, 0.2) is 5.82 Å². The zero-order chi connectivity index (χ0) is 19.6. The molecule has 0 atom stereocenters. The summed E-state index contributed by atoms with van der Waals surface area (Å²) in [7, 11) is -3.43. The molecule has 9 heteroatoms. The van der Waals surface area contributed by atoms with Gasteiger partial charge in [-0.25, -0.2) is 13.4 Å². The van der Waals surface area contributed by atoms with Gasteiger partial charge < -0.3 is 5.32 Å². The van der Waals surface area contributed by atoms with Crippen molar-refractivity contribution in [3.05, 3.63) is 59.4 Å². The van der Waals surface area contributed by atoms with Gasteiger partial charge in [-0.15, -0.1) is 0 Å². The number of amides is 1. The van der Waals surface area contributed by atoms with Crippen molar-refractivity contribution in [3.8, 4) is 11.4 Å². The van der Waals surface area contributed by atoms with Crippen LogP contribution in [0.1, 0.15) is 21.7 Å². The summed E-state index contributed by atoms with van der Waals surface area (Å²) in [5, 5.41) is 9.66. The Bertz CT molecular complexity index is 1090. The number of benzene rings is 2. The first-order valence-corrected chi connectivity index (χ1v) is 10.00. The van der Waals surface area contributed by atoms with Gasteiger partial charge in [-0.3, -0.25) is 14.6 Å². The van der Waals surface area contributed by atoms with Crippen LogP contribution in [0, 0.1) is 13.8 Å². The third kappa shape index (κ3) is 4.70. The predicted octanol–water partition coefficient (Wildman–Crippen LogP) is 2.71. The maximum atomic E-state index is 12.5. The Kier molecular flexibility index (Phi) is 4.95. The highest BCUT2D eigenvalue weighted by atomic mass is 32.2. The number of hydrogen-bond acceptors (Lipinski definition) is 5. The summed E-state index contributed by atoms with van der Waals surface area (Å²) in [6.07, 6.45) is 1.07. The van der Waals surface area contributed by atoms with Gasteiger partial charge in [-0.1, -0.05) is 6.07 Å². The van der Waals surface area contributed by atoms with Gasteiger partial charge in [0.25, 0.3) is 5.91 Å². The number of carbonyl (C=O) groups excluding carboxylic acids is 1. The van der Waals surface area contributed by atoms with Crippen LogP contribution in [-0.4, -0.2) is 35.8 Å². The summed E-state index contributed by atoms with van der Waals surface area (Å²) in [5.74, 6) is 0.966. The highest BCUT2D eigenvalue weighted by molar-refractivity contribution is 7.92. The van der Waals surface area contributed by atoms with Crippen LogP contribution in [-0.2, 0) is 10.0 Å². The van der Waals surface area contributed by atoms with E-state index >= 15 is 0 Å². The minimum Gasteiger partial charge on any atom is -0.322 e. The van der Waals surface area contributed by atoms with Crippen LogP contribution in [0.2, 0.25) is 0 Å². The van der Waals surface area contributed by atoms with Crippen LogP contribution in [0.25, 0.3) is 11.4 Å². The average Bonchev–Trinajstić information content (AvgIpc) is 3.02. The SMILES string of the molecule is Cc1nc(-c2ccc(NC(=O)c3ccc(C)c(NS(C)(=O)=O)c3)cc2)n[nH]1. The molecular formula is C18H19N5O3S. The second-order valence-electron chi connectivity index (χ2n) is 6.18. The molecule has 8 nitrogen and oxygen atoms in total. The van der Waals surface area contributed by atoms with E-state index in [1.165, 1.54) is 6.07 Å². The van der Waals surface area contributed by atoms with E-state index in [1.807, 2.05) is 19.1 Å². The molecule has 3 rings (SSSR count). The highest BCUT2D eigenvalue weighted by Crippen LogP contribution is 2.21. The smallest absolute Gasteiger partial charge is 0.255 e. The second-order valence-corrected chi connectivity index (χ2v) is 7.93. The third-order valence-electron chi connectivity index (χ3n) is 3.79. The van der Waals surface area contributed by atoms with Gasteiger partial charge in [-0.05, 0) is 55.8 Å². The molecular weight excluding hydrogens is 366 g/mol. The lowest BCUT2D eigenvalue weighted by Gasteiger charge is -2.11. The first-order chi connectivity index (χ1) is 12.7. The number of anilines is 2. The lowest BCUT2D eigenvalue weighted by molar-refractivity contribution is 0.102. The Hall–Kier alpha value is -3.20. The van der Waals surface area contributed by atoms with Crippen LogP contribution in [0.15, 0.2) is 42.5 Å². The molecule has 0 unspecified atom stereocenters. The van der Waals surface area contributed by atoms with E-state index in [9.17, 15) is 13.2 Å². The number of aromatic amines is 1. The van der Waals surface area contributed by atoms with Crippen LogP contribution in [0.5, 0.6) is 0 Å². The normalized spacial score (nSPS) is 11.2. The molecule has 3 N–H and O–H groups in total. The molecule has 0 bridgehead atoms. The Morgan fingerprint density at radius 3 is 2.37 bits per heavy atom. The van der Waals surface area contributed by atoms with Crippen molar-refractivity contribution in [2.45, 2.75) is 13.8 Å². The van der Waals surface area contributed by atoms with Crippen LogP contribution in [0.4, 0.5) is 11.4 Å². The predicted molar refractivity (Wildman–Crippen MR) is 104 cm³/mol. The topological polar surface area (TPSA) is 117 Å². The number of hydrogen-bond donors (Lipinski definition) is 3. The molecule has 0 saturated carbocycles. The minimum atomic E-state index is -3.43. The fourth-order valence-corrected chi connectivity index (χ4v) is 3.07. The molecule has 140 valence electrons. The van der Waals surface area contributed by atoms with E-state index in [0.717, 1.165) is 23.2 Å². The van der Waals surface area contributed by atoms with Crippen LogP contribution in [0.3, 0.4) is 0 Å². The van der Waals surface area contributed by atoms with Gasteiger partial charge in [0.2, 0.25) is 10.0 Å². The van der Waals surface area contributed by atoms with Crippen molar-refractivity contribution in [1.82, 2.24) is 15.2 Å². The average molecular weight is 385 g/mol. The number of carbonyl (C=O) groups is 1.